The van der Waals surface area contributed by atoms with Gasteiger partial charge >= 0.3 is 0 Å². The number of nitrogens with zero attached hydrogens (tertiary/aromatic N) is 1. The molecule has 94 valence electrons. The fraction of sp³-hybridized carbons (Fsp3) is 0.462. The molecule has 0 unspecified atom stereocenters. The highest BCUT2D eigenvalue weighted by atomic mass is 79.9. The summed E-state index contributed by atoms with van der Waals surface area (Å²) in [6.45, 7) is 2.05. The van der Waals surface area contributed by atoms with E-state index in [0.717, 1.165) is 13.0 Å². The smallest absolute Gasteiger partial charge is 0.232 e. The van der Waals surface area contributed by atoms with E-state index in [1.165, 1.54) is 5.56 Å². The van der Waals surface area contributed by atoms with Crippen LogP contribution in [-0.2, 0) is 16.1 Å². The molecule has 0 aliphatic carbocycles. The van der Waals surface area contributed by atoms with Gasteiger partial charge in [-0.05, 0) is 12.0 Å². The summed E-state index contributed by atoms with van der Waals surface area (Å²) in [7, 11) is 1.81. The number of benzene rings is 1. The second kappa shape index (κ2) is 8.25. The van der Waals surface area contributed by atoms with Gasteiger partial charge in [0.2, 0.25) is 5.91 Å². The minimum Gasteiger partial charge on any atom is -0.377 e. The summed E-state index contributed by atoms with van der Waals surface area (Å²) in [6.07, 6.45) is 0.863. The molecule has 0 atom stereocenters. The molecule has 1 amide bonds. The molecular weight excluding hydrogens is 282 g/mol. The predicted octanol–water partition coefficient (Wildman–Crippen LogP) is 2.45. The molecule has 0 heterocycles. The number of halogens is 1. The highest BCUT2D eigenvalue weighted by molar-refractivity contribution is 9.09. The average Bonchev–Trinajstić information content (AvgIpc) is 2.38. The second-order valence-electron chi connectivity index (χ2n) is 3.84. The number of rotatable bonds is 7. The third-order valence-corrected chi connectivity index (χ3v) is 2.91. The third kappa shape index (κ3) is 5.84. The minimum atomic E-state index is 0.105. The molecule has 0 spiro atoms. The molecule has 3 nitrogen and oxygen atoms in total. The molecule has 4 heteroatoms. The Morgan fingerprint density at radius 3 is 2.71 bits per heavy atom. The number of hydrogen-bond acceptors (Lipinski definition) is 2. The number of carbonyl (C=O) groups is 1. The molecule has 0 aliphatic rings. The summed E-state index contributed by atoms with van der Waals surface area (Å²) in [5, 5.41) is 0.383. The van der Waals surface area contributed by atoms with Crippen LogP contribution in [0.15, 0.2) is 30.3 Å². The fourth-order valence-electron chi connectivity index (χ4n) is 1.39. The van der Waals surface area contributed by atoms with Gasteiger partial charge in [-0.1, -0.05) is 46.3 Å². The average molecular weight is 300 g/mol. The Balaban J connectivity index is 2.07. The van der Waals surface area contributed by atoms with E-state index in [4.69, 9.17) is 4.74 Å². The number of carbonyl (C=O) groups excluding carboxylic acids is 1. The van der Waals surface area contributed by atoms with E-state index in [0.29, 0.717) is 18.5 Å². The first-order valence-corrected chi connectivity index (χ1v) is 6.78. The Morgan fingerprint density at radius 2 is 2.06 bits per heavy atom. The summed E-state index contributed by atoms with van der Waals surface area (Å²) in [5.41, 5.74) is 1.18. The quantitative estimate of drug-likeness (QED) is 0.572. The predicted molar refractivity (Wildman–Crippen MR) is 72.1 cm³/mol. The Morgan fingerprint density at radius 1 is 1.35 bits per heavy atom. The van der Waals surface area contributed by atoms with Crippen molar-refractivity contribution >= 4 is 21.8 Å². The largest absolute Gasteiger partial charge is 0.377 e. The number of ether oxygens (including phenoxy) is 1. The summed E-state index contributed by atoms with van der Waals surface area (Å²) in [6, 6.07) is 10.1. The van der Waals surface area contributed by atoms with Crippen molar-refractivity contribution in [2.75, 3.05) is 25.5 Å². The van der Waals surface area contributed by atoms with Crippen LogP contribution in [0.5, 0.6) is 0 Å². The Kier molecular flexibility index (Phi) is 6.89. The van der Waals surface area contributed by atoms with Crippen molar-refractivity contribution < 1.29 is 9.53 Å². The first kappa shape index (κ1) is 14.2. The summed E-state index contributed by atoms with van der Waals surface area (Å²) in [5.74, 6) is 0.105. The van der Waals surface area contributed by atoms with Crippen LogP contribution in [0.1, 0.15) is 12.0 Å². The van der Waals surface area contributed by atoms with Crippen LogP contribution in [0.4, 0.5) is 0 Å². The van der Waals surface area contributed by atoms with Gasteiger partial charge in [-0.15, -0.1) is 0 Å². The van der Waals surface area contributed by atoms with Crippen LogP contribution in [0.3, 0.4) is 0 Å². The molecule has 0 bridgehead atoms. The second-order valence-corrected chi connectivity index (χ2v) is 4.40. The summed E-state index contributed by atoms with van der Waals surface area (Å²) in [4.78, 5) is 12.9. The van der Waals surface area contributed by atoms with Crippen LogP contribution >= 0.6 is 15.9 Å². The van der Waals surface area contributed by atoms with Crippen LogP contribution in [0, 0.1) is 0 Å². The number of alkyl halides is 1. The Hall–Kier alpha value is -0.870. The molecule has 1 rings (SSSR count). The van der Waals surface area contributed by atoms with E-state index in [-0.39, 0.29) is 5.91 Å². The first-order chi connectivity index (χ1) is 8.24. The van der Waals surface area contributed by atoms with E-state index < -0.39 is 0 Å². The monoisotopic (exact) mass is 299 g/mol. The van der Waals surface area contributed by atoms with Gasteiger partial charge in [0.15, 0.2) is 0 Å². The van der Waals surface area contributed by atoms with E-state index >= 15 is 0 Å². The highest BCUT2D eigenvalue weighted by Crippen LogP contribution is 2.01. The van der Waals surface area contributed by atoms with Crippen LogP contribution in [0.25, 0.3) is 0 Å². The zero-order valence-electron chi connectivity index (χ0n) is 10.1. The highest BCUT2D eigenvalue weighted by Gasteiger charge is 2.05. The van der Waals surface area contributed by atoms with Gasteiger partial charge in [-0.25, -0.2) is 0 Å². The SMILES string of the molecule is CN(CCCOCc1ccccc1)C(=O)CBr. The molecule has 0 fully saturated rings. The van der Waals surface area contributed by atoms with Gasteiger partial charge < -0.3 is 9.64 Å². The lowest BCUT2D eigenvalue weighted by Crippen LogP contribution is -2.29. The molecule has 0 aromatic heterocycles. The van der Waals surface area contributed by atoms with E-state index in [2.05, 4.69) is 15.9 Å². The molecular formula is C13H18BrNO2. The molecule has 0 saturated heterocycles. The van der Waals surface area contributed by atoms with Crippen molar-refractivity contribution in [2.45, 2.75) is 13.0 Å². The lowest BCUT2D eigenvalue weighted by molar-refractivity contribution is -0.127. The molecule has 0 saturated carbocycles. The van der Waals surface area contributed by atoms with Crippen molar-refractivity contribution in [3.8, 4) is 0 Å². The van der Waals surface area contributed by atoms with Crippen molar-refractivity contribution in [2.24, 2.45) is 0 Å². The van der Waals surface area contributed by atoms with Crippen molar-refractivity contribution in [1.29, 1.82) is 0 Å². The Bertz CT molecular complexity index is 329. The Labute approximate surface area is 111 Å². The van der Waals surface area contributed by atoms with Crippen molar-refractivity contribution in [1.82, 2.24) is 4.90 Å². The van der Waals surface area contributed by atoms with Gasteiger partial charge in [0.25, 0.3) is 0 Å². The van der Waals surface area contributed by atoms with Gasteiger partial charge in [-0.2, -0.15) is 0 Å². The van der Waals surface area contributed by atoms with Crippen molar-refractivity contribution in [3.05, 3.63) is 35.9 Å². The maximum atomic E-state index is 11.2. The van der Waals surface area contributed by atoms with Gasteiger partial charge in [0, 0.05) is 20.2 Å². The van der Waals surface area contributed by atoms with Crippen LogP contribution in [0.2, 0.25) is 0 Å². The third-order valence-electron chi connectivity index (χ3n) is 2.43. The topological polar surface area (TPSA) is 29.5 Å². The maximum absolute atomic E-state index is 11.2. The standard InChI is InChI=1S/C13H18BrNO2/c1-15(13(16)10-14)8-5-9-17-11-12-6-3-2-4-7-12/h2-4,6-7H,5,8-11H2,1H3. The van der Waals surface area contributed by atoms with Gasteiger partial charge in [0.1, 0.15) is 0 Å². The number of hydrogen-bond donors (Lipinski definition) is 0. The first-order valence-electron chi connectivity index (χ1n) is 5.65. The lowest BCUT2D eigenvalue weighted by atomic mass is 10.2. The molecule has 17 heavy (non-hydrogen) atoms. The van der Waals surface area contributed by atoms with Crippen LogP contribution < -0.4 is 0 Å². The van der Waals surface area contributed by atoms with E-state index in [1.807, 2.05) is 30.3 Å². The molecule has 0 aliphatic heterocycles. The zero-order valence-corrected chi connectivity index (χ0v) is 11.6. The zero-order chi connectivity index (χ0) is 12.5. The minimum absolute atomic E-state index is 0.105. The molecule has 1 aromatic rings. The molecule has 1 aromatic carbocycles. The molecule has 0 N–H and O–H groups in total. The summed E-state index contributed by atoms with van der Waals surface area (Å²) >= 11 is 3.15. The van der Waals surface area contributed by atoms with Crippen molar-refractivity contribution in [3.63, 3.8) is 0 Å². The lowest BCUT2D eigenvalue weighted by Gasteiger charge is -2.15. The van der Waals surface area contributed by atoms with Gasteiger partial charge in [-0.3, -0.25) is 4.79 Å². The normalized spacial score (nSPS) is 10.2. The number of amides is 1. The van der Waals surface area contributed by atoms with Gasteiger partial charge in [0.05, 0.1) is 11.9 Å². The van der Waals surface area contributed by atoms with E-state index in [1.54, 1.807) is 11.9 Å². The summed E-state index contributed by atoms with van der Waals surface area (Å²) < 4.78 is 5.53. The van der Waals surface area contributed by atoms with E-state index in [9.17, 15) is 4.79 Å². The molecule has 0 radical (unpaired) electrons. The fourth-order valence-corrected chi connectivity index (χ4v) is 1.82. The van der Waals surface area contributed by atoms with Crippen LogP contribution in [-0.4, -0.2) is 36.3 Å². The maximum Gasteiger partial charge on any atom is 0.232 e.